The van der Waals surface area contributed by atoms with Gasteiger partial charge in [-0.05, 0) is 25.1 Å². The van der Waals surface area contributed by atoms with Gasteiger partial charge < -0.3 is 16.0 Å². The predicted octanol–water partition coefficient (Wildman–Crippen LogP) is 2.08. The Balaban J connectivity index is 2.13. The van der Waals surface area contributed by atoms with Gasteiger partial charge >= 0.3 is 0 Å². The van der Waals surface area contributed by atoms with E-state index in [0.29, 0.717) is 17.1 Å². The number of aromatic nitrogens is 2. The Labute approximate surface area is 109 Å². The minimum absolute atomic E-state index is 0.306. The Kier molecular flexibility index (Phi) is 3.53. The van der Waals surface area contributed by atoms with E-state index in [-0.39, 0.29) is 0 Å². The van der Waals surface area contributed by atoms with E-state index in [1.807, 2.05) is 6.92 Å². The summed E-state index contributed by atoms with van der Waals surface area (Å²) in [6, 6.07) is 5.06. The zero-order valence-electron chi connectivity index (χ0n) is 9.83. The zero-order chi connectivity index (χ0) is 13.1. The maximum atomic E-state index is 11.2. The fourth-order valence-corrected chi connectivity index (χ4v) is 1.79. The smallest absolute Gasteiger partial charge is 0.250 e. The lowest BCUT2D eigenvalue weighted by molar-refractivity contribution is 0.100. The van der Waals surface area contributed by atoms with Crippen LogP contribution in [0.1, 0.15) is 21.7 Å². The van der Waals surface area contributed by atoms with Crippen LogP contribution in [0, 0.1) is 6.92 Å². The Hall–Kier alpha value is -2.01. The highest BCUT2D eigenvalue weighted by molar-refractivity contribution is 6.33. The van der Waals surface area contributed by atoms with E-state index >= 15 is 0 Å². The van der Waals surface area contributed by atoms with Crippen LogP contribution < -0.4 is 11.1 Å². The summed E-state index contributed by atoms with van der Waals surface area (Å²) in [4.78, 5) is 18.3. The average molecular weight is 265 g/mol. The van der Waals surface area contributed by atoms with Gasteiger partial charge in [0, 0.05) is 11.4 Å². The van der Waals surface area contributed by atoms with Crippen LogP contribution in [0.5, 0.6) is 0 Å². The topological polar surface area (TPSA) is 83.8 Å². The fraction of sp³-hybridized carbons (Fsp3) is 0.167. The van der Waals surface area contributed by atoms with Crippen molar-refractivity contribution in [2.75, 3.05) is 5.32 Å². The Morgan fingerprint density at radius 3 is 2.94 bits per heavy atom. The summed E-state index contributed by atoms with van der Waals surface area (Å²) in [6.07, 6.45) is 1.64. The molecule has 0 aliphatic heterocycles. The van der Waals surface area contributed by atoms with Gasteiger partial charge in [-0.15, -0.1) is 0 Å². The van der Waals surface area contributed by atoms with Crippen molar-refractivity contribution in [1.82, 2.24) is 9.97 Å². The van der Waals surface area contributed by atoms with Gasteiger partial charge in [0.2, 0.25) is 5.91 Å². The van der Waals surface area contributed by atoms with Crippen LogP contribution in [0.15, 0.2) is 24.5 Å². The monoisotopic (exact) mass is 264 g/mol. The maximum absolute atomic E-state index is 11.2. The third kappa shape index (κ3) is 2.62. The number of aromatic amines is 1. The SMILES string of the molecule is Cc1[nH]cnc1CNc1ccc(Cl)c(C(N)=O)c1. The molecule has 1 aromatic carbocycles. The van der Waals surface area contributed by atoms with Gasteiger partial charge in [-0.1, -0.05) is 11.6 Å². The van der Waals surface area contributed by atoms with E-state index in [0.717, 1.165) is 17.1 Å². The second-order valence-corrected chi connectivity index (χ2v) is 4.29. The number of nitrogens with two attached hydrogens (primary N) is 1. The second kappa shape index (κ2) is 5.10. The molecular formula is C12H13ClN4O. The molecule has 2 rings (SSSR count). The fourth-order valence-electron chi connectivity index (χ4n) is 1.58. The van der Waals surface area contributed by atoms with Crippen LogP contribution in [0.4, 0.5) is 5.69 Å². The summed E-state index contributed by atoms with van der Waals surface area (Å²) in [5.41, 5.74) is 8.24. The number of hydrogen-bond donors (Lipinski definition) is 3. The number of aryl methyl sites for hydroxylation is 1. The molecule has 94 valence electrons. The summed E-state index contributed by atoms with van der Waals surface area (Å²) >= 11 is 5.87. The number of rotatable bonds is 4. The highest BCUT2D eigenvalue weighted by Crippen LogP contribution is 2.20. The number of carbonyl (C=O) groups excluding carboxylic acids is 1. The molecule has 0 unspecified atom stereocenters. The molecule has 1 amide bonds. The lowest BCUT2D eigenvalue weighted by atomic mass is 10.2. The zero-order valence-corrected chi connectivity index (χ0v) is 10.6. The first-order chi connectivity index (χ1) is 8.58. The number of primary amides is 1. The molecule has 0 radical (unpaired) electrons. The molecule has 0 bridgehead atoms. The van der Waals surface area contributed by atoms with Gasteiger partial charge in [-0.25, -0.2) is 4.98 Å². The standard InChI is InChI=1S/C12H13ClN4O/c1-7-11(17-6-16-7)5-15-8-2-3-10(13)9(4-8)12(14)18/h2-4,6,15H,5H2,1H3,(H2,14,18)(H,16,17). The number of amides is 1. The first-order valence-corrected chi connectivity index (χ1v) is 5.78. The van der Waals surface area contributed by atoms with Gasteiger partial charge in [0.1, 0.15) is 0 Å². The summed E-state index contributed by atoms with van der Waals surface area (Å²) in [6.45, 7) is 2.51. The molecule has 6 heteroatoms. The van der Waals surface area contributed by atoms with Crippen LogP contribution in [0.2, 0.25) is 5.02 Å². The Morgan fingerprint density at radius 2 is 2.33 bits per heavy atom. The lowest BCUT2D eigenvalue weighted by Crippen LogP contribution is -2.12. The van der Waals surface area contributed by atoms with Crippen LogP contribution in [0.25, 0.3) is 0 Å². The van der Waals surface area contributed by atoms with Crippen molar-refractivity contribution in [2.45, 2.75) is 13.5 Å². The van der Waals surface area contributed by atoms with E-state index in [4.69, 9.17) is 17.3 Å². The molecular weight excluding hydrogens is 252 g/mol. The number of imidazole rings is 1. The van der Waals surface area contributed by atoms with Crippen LogP contribution in [0.3, 0.4) is 0 Å². The minimum atomic E-state index is -0.542. The molecule has 0 aliphatic rings. The summed E-state index contributed by atoms with van der Waals surface area (Å²) in [7, 11) is 0. The first kappa shape index (κ1) is 12.4. The molecule has 1 heterocycles. The molecule has 4 N–H and O–H groups in total. The average Bonchev–Trinajstić information content (AvgIpc) is 2.73. The second-order valence-electron chi connectivity index (χ2n) is 3.89. The van der Waals surface area contributed by atoms with Gasteiger partial charge in [0.25, 0.3) is 0 Å². The van der Waals surface area contributed by atoms with Crippen molar-refractivity contribution < 1.29 is 4.79 Å². The van der Waals surface area contributed by atoms with E-state index < -0.39 is 5.91 Å². The Morgan fingerprint density at radius 1 is 1.56 bits per heavy atom. The van der Waals surface area contributed by atoms with Gasteiger partial charge in [-0.3, -0.25) is 4.79 Å². The number of nitrogens with one attached hydrogen (secondary N) is 2. The van der Waals surface area contributed by atoms with Gasteiger partial charge in [0.15, 0.2) is 0 Å². The van der Waals surface area contributed by atoms with Gasteiger partial charge in [0.05, 0.1) is 29.2 Å². The normalized spacial score (nSPS) is 10.3. The number of benzene rings is 1. The summed E-state index contributed by atoms with van der Waals surface area (Å²) < 4.78 is 0. The van der Waals surface area contributed by atoms with E-state index in [1.165, 1.54) is 0 Å². The summed E-state index contributed by atoms with van der Waals surface area (Å²) in [5, 5.41) is 3.51. The van der Waals surface area contributed by atoms with Crippen molar-refractivity contribution >= 4 is 23.2 Å². The number of H-pyrrole nitrogens is 1. The minimum Gasteiger partial charge on any atom is -0.379 e. The van der Waals surface area contributed by atoms with Crippen LogP contribution in [-0.2, 0) is 6.54 Å². The highest BCUT2D eigenvalue weighted by Gasteiger charge is 2.08. The molecule has 0 fully saturated rings. The van der Waals surface area contributed by atoms with Crippen molar-refractivity contribution in [3.8, 4) is 0 Å². The van der Waals surface area contributed by atoms with Crippen molar-refractivity contribution in [1.29, 1.82) is 0 Å². The molecule has 2 aromatic rings. The molecule has 1 aromatic heterocycles. The third-order valence-corrected chi connectivity index (χ3v) is 2.96. The molecule has 0 saturated carbocycles. The number of halogens is 1. The molecule has 0 spiro atoms. The molecule has 0 atom stereocenters. The van der Waals surface area contributed by atoms with E-state index in [9.17, 15) is 4.79 Å². The van der Waals surface area contributed by atoms with Crippen molar-refractivity contribution in [2.24, 2.45) is 5.73 Å². The predicted molar refractivity (Wildman–Crippen MR) is 70.6 cm³/mol. The van der Waals surface area contributed by atoms with Crippen molar-refractivity contribution in [3.05, 3.63) is 46.5 Å². The number of carbonyl (C=O) groups is 1. The number of nitrogens with zero attached hydrogens (tertiary/aromatic N) is 1. The Bertz CT molecular complexity index is 579. The third-order valence-electron chi connectivity index (χ3n) is 2.63. The molecule has 5 nitrogen and oxygen atoms in total. The number of anilines is 1. The maximum Gasteiger partial charge on any atom is 0.250 e. The van der Waals surface area contributed by atoms with E-state index in [1.54, 1.807) is 24.5 Å². The quantitative estimate of drug-likeness (QED) is 0.790. The van der Waals surface area contributed by atoms with E-state index in [2.05, 4.69) is 15.3 Å². The summed E-state index contributed by atoms with van der Waals surface area (Å²) in [5.74, 6) is -0.542. The van der Waals surface area contributed by atoms with Crippen molar-refractivity contribution in [3.63, 3.8) is 0 Å². The highest BCUT2D eigenvalue weighted by atomic mass is 35.5. The van der Waals surface area contributed by atoms with Crippen LogP contribution >= 0.6 is 11.6 Å². The molecule has 0 aliphatic carbocycles. The first-order valence-electron chi connectivity index (χ1n) is 5.40. The van der Waals surface area contributed by atoms with Gasteiger partial charge in [-0.2, -0.15) is 0 Å². The lowest BCUT2D eigenvalue weighted by Gasteiger charge is -2.07. The molecule has 0 saturated heterocycles. The number of hydrogen-bond acceptors (Lipinski definition) is 3. The largest absolute Gasteiger partial charge is 0.379 e. The van der Waals surface area contributed by atoms with Crippen LogP contribution in [-0.4, -0.2) is 15.9 Å². The molecule has 18 heavy (non-hydrogen) atoms.